The summed E-state index contributed by atoms with van der Waals surface area (Å²) in [5.41, 5.74) is 0.590. The van der Waals surface area contributed by atoms with Gasteiger partial charge in [0, 0.05) is 6.42 Å². The first-order valence-electron chi connectivity index (χ1n) is 5.82. The van der Waals surface area contributed by atoms with Gasteiger partial charge in [0.15, 0.2) is 11.5 Å². The van der Waals surface area contributed by atoms with E-state index >= 15 is 0 Å². The molecule has 0 saturated carbocycles. The fourth-order valence-corrected chi connectivity index (χ4v) is 1.74. The highest BCUT2D eigenvalue weighted by molar-refractivity contribution is 5.87. The molecule has 1 aromatic carbocycles. The van der Waals surface area contributed by atoms with Crippen LogP contribution in [0, 0.1) is 11.3 Å². The van der Waals surface area contributed by atoms with E-state index in [2.05, 4.69) is 0 Å². The fourth-order valence-electron chi connectivity index (χ4n) is 1.74. The van der Waals surface area contributed by atoms with Crippen LogP contribution >= 0.6 is 0 Å². The zero-order chi connectivity index (χ0) is 13.0. The van der Waals surface area contributed by atoms with E-state index in [0.29, 0.717) is 17.8 Å². The summed E-state index contributed by atoms with van der Waals surface area (Å²) in [5, 5.41) is 9.70. The van der Waals surface area contributed by atoms with E-state index in [0.717, 1.165) is 11.8 Å². The summed E-state index contributed by atoms with van der Waals surface area (Å²) in [6, 6.07) is 9.15. The number of hydrogen-bond acceptors (Lipinski definition) is 4. The number of benzene rings is 1. The van der Waals surface area contributed by atoms with Crippen LogP contribution in [0.15, 0.2) is 28.7 Å². The predicted octanol–water partition coefficient (Wildman–Crippen LogP) is 3.05. The number of furan rings is 1. The highest BCUT2D eigenvalue weighted by Gasteiger charge is 2.15. The number of Topliss-reactive ketones (excluding diaryl/α,β-unsaturated/α-hetero) is 1. The smallest absolute Gasteiger partial charge is 0.246 e. The Morgan fingerprint density at radius 2 is 2.22 bits per heavy atom. The third kappa shape index (κ3) is 2.35. The van der Waals surface area contributed by atoms with E-state index in [1.807, 2.05) is 25.1 Å². The van der Waals surface area contributed by atoms with Gasteiger partial charge in [0.2, 0.25) is 5.76 Å². The van der Waals surface area contributed by atoms with Crippen LogP contribution in [0.1, 0.15) is 25.5 Å². The van der Waals surface area contributed by atoms with Crippen LogP contribution in [-0.2, 0) is 4.79 Å². The number of nitrogens with zero attached hydrogens (tertiary/aromatic N) is 1. The second kappa shape index (κ2) is 5.37. The highest BCUT2D eigenvalue weighted by Crippen LogP contribution is 2.32. The molecule has 0 aliphatic carbocycles. The summed E-state index contributed by atoms with van der Waals surface area (Å²) >= 11 is 0. The van der Waals surface area contributed by atoms with Crippen LogP contribution in [0.2, 0.25) is 0 Å². The number of carbonyl (C=O) groups is 1. The molecule has 4 heteroatoms. The molecule has 0 N–H and O–H groups in total. The summed E-state index contributed by atoms with van der Waals surface area (Å²) < 4.78 is 10.8. The number of hydrogen-bond donors (Lipinski definition) is 0. The average molecular weight is 243 g/mol. The minimum Gasteiger partial charge on any atom is -0.480 e. The van der Waals surface area contributed by atoms with Gasteiger partial charge in [-0.3, -0.25) is 4.79 Å². The second-order valence-corrected chi connectivity index (χ2v) is 3.95. The Morgan fingerprint density at radius 3 is 2.94 bits per heavy atom. The fraction of sp³-hybridized carbons (Fsp3) is 0.286. The van der Waals surface area contributed by atoms with Gasteiger partial charge in [-0.2, -0.15) is 5.26 Å². The van der Waals surface area contributed by atoms with Crippen molar-refractivity contribution in [3.05, 3.63) is 30.0 Å². The van der Waals surface area contributed by atoms with E-state index in [-0.39, 0.29) is 18.2 Å². The Kier molecular flexibility index (Phi) is 3.63. The lowest BCUT2D eigenvalue weighted by atomic mass is 10.2. The maximum Gasteiger partial charge on any atom is 0.246 e. The molecule has 0 fully saturated rings. The van der Waals surface area contributed by atoms with Crippen LogP contribution in [0.3, 0.4) is 0 Å². The molecule has 0 radical (unpaired) electrons. The Labute approximate surface area is 105 Å². The van der Waals surface area contributed by atoms with Crippen LogP contribution in [-0.4, -0.2) is 12.4 Å². The minimum absolute atomic E-state index is 0.0201. The second-order valence-electron chi connectivity index (χ2n) is 3.95. The lowest BCUT2D eigenvalue weighted by Gasteiger charge is -2.02. The van der Waals surface area contributed by atoms with Gasteiger partial charge in [0.25, 0.3) is 0 Å². The molecule has 0 amide bonds. The molecule has 0 aliphatic heterocycles. The van der Waals surface area contributed by atoms with Gasteiger partial charge >= 0.3 is 0 Å². The minimum atomic E-state index is -0.0218. The number of fused-ring (bicyclic) bond motifs is 1. The van der Waals surface area contributed by atoms with Crippen molar-refractivity contribution in [2.45, 2.75) is 19.8 Å². The third-order valence-corrected chi connectivity index (χ3v) is 2.56. The maximum absolute atomic E-state index is 11.4. The van der Waals surface area contributed by atoms with Crippen molar-refractivity contribution in [2.24, 2.45) is 0 Å². The molecule has 18 heavy (non-hydrogen) atoms. The standard InChI is InChI=1S/C14H13NO3/c1-2-5-10(16)9-17-14-11-6-3-4-7-12(11)18-13(14)8-15/h3-4,6-7H,2,5,9H2,1H3. The van der Waals surface area contributed by atoms with E-state index in [1.54, 1.807) is 12.1 Å². The molecule has 0 aliphatic rings. The molecule has 4 nitrogen and oxygen atoms in total. The van der Waals surface area contributed by atoms with Crippen LogP contribution in [0.5, 0.6) is 5.75 Å². The summed E-state index contributed by atoms with van der Waals surface area (Å²) in [6.07, 6.45) is 1.27. The summed E-state index contributed by atoms with van der Waals surface area (Å²) in [5.74, 6) is 0.490. The number of ketones is 1. The first-order valence-corrected chi connectivity index (χ1v) is 5.82. The van der Waals surface area contributed by atoms with Gasteiger partial charge < -0.3 is 9.15 Å². The van der Waals surface area contributed by atoms with E-state index < -0.39 is 0 Å². The first-order chi connectivity index (χ1) is 8.76. The quantitative estimate of drug-likeness (QED) is 0.809. The summed E-state index contributed by atoms with van der Waals surface area (Å²) in [7, 11) is 0. The lowest BCUT2D eigenvalue weighted by molar-refractivity contribution is -0.121. The average Bonchev–Trinajstić information content (AvgIpc) is 2.74. The number of ether oxygens (including phenoxy) is 1. The molecule has 1 heterocycles. The Bertz CT molecular complexity index is 607. The maximum atomic E-state index is 11.4. The van der Waals surface area contributed by atoms with Crippen LogP contribution < -0.4 is 4.74 Å². The van der Waals surface area contributed by atoms with E-state index in [4.69, 9.17) is 14.4 Å². The van der Waals surface area contributed by atoms with E-state index in [1.165, 1.54) is 0 Å². The van der Waals surface area contributed by atoms with Crippen LogP contribution in [0.25, 0.3) is 11.0 Å². The van der Waals surface area contributed by atoms with Gasteiger partial charge in [0.1, 0.15) is 18.3 Å². The van der Waals surface area contributed by atoms with Crippen molar-refractivity contribution in [3.63, 3.8) is 0 Å². The lowest BCUT2D eigenvalue weighted by Crippen LogP contribution is -2.10. The number of para-hydroxylation sites is 1. The largest absolute Gasteiger partial charge is 0.480 e. The topological polar surface area (TPSA) is 63.2 Å². The Morgan fingerprint density at radius 1 is 1.44 bits per heavy atom. The molecule has 0 atom stereocenters. The summed E-state index contributed by atoms with van der Waals surface area (Å²) in [6.45, 7) is 1.91. The molecule has 2 aromatic rings. The molecule has 0 spiro atoms. The van der Waals surface area contributed by atoms with Gasteiger partial charge in [-0.1, -0.05) is 19.1 Å². The molecular weight excluding hydrogens is 230 g/mol. The molecule has 0 unspecified atom stereocenters. The molecule has 1 aromatic heterocycles. The molecule has 0 saturated heterocycles. The Balaban J connectivity index is 2.26. The Hall–Kier alpha value is -2.28. The van der Waals surface area contributed by atoms with Crippen molar-refractivity contribution >= 4 is 16.8 Å². The van der Waals surface area contributed by atoms with Gasteiger partial charge in [0.05, 0.1) is 5.39 Å². The van der Waals surface area contributed by atoms with Crippen LogP contribution in [0.4, 0.5) is 0 Å². The van der Waals surface area contributed by atoms with Gasteiger partial charge in [-0.05, 0) is 18.6 Å². The zero-order valence-electron chi connectivity index (χ0n) is 10.1. The third-order valence-electron chi connectivity index (χ3n) is 2.56. The van der Waals surface area contributed by atoms with Gasteiger partial charge in [-0.25, -0.2) is 0 Å². The first kappa shape index (κ1) is 12.2. The monoisotopic (exact) mass is 243 g/mol. The molecule has 2 rings (SSSR count). The summed E-state index contributed by atoms with van der Waals surface area (Å²) in [4.78, 5) is 11.4. The van der Waals surface area contributed by atoms with Gasteiger partial charge in [-0.15, -0.1) is 0 Å². The SMILES string of the molecule is CCCC(=O)COc1c(C#N)oc2ccccc12. The molecular formula is C14H13NO3. The molecule has 0 bridgehead atoms. The number of rotatable bonds is 5. The van der Waals surface area contributed by atoms with E-state index in [9.17, 15) is 4.79 Å². The highest BCUT2D eigenvalue weighted by atomic mass is 16.5. The number of nitriles is 1. The van der Waals surface area contributed by atoms with Crippen molar-refractivity contribution in [2.75, 3.05) is 6.61 Å². The normalized spacial score (nSPS) is 10.2. The van der Waals surface area contributed by atoms with Crippen molar-refractivity contribution in [3.8, 4) is 11.8 Å². The number of carbonyl (C=O) groups excluding carboxylic acids is 1. The zero-order valence-corrected chi connectivity index (χ0v) is 10.1. The molecule has 92 valence electrons. The predicted molar refractivity (Wildman–Crippen MR) is 66.3 cm³/mol. The van der Waals surface area contributed by atoms with Crippen molar-refractivity contribution < 1.29 is 13.9 Å². The van der Waals surface area contributed by atoms with Crippen molar-refractivity contribution in [1.82, 2.24) is 0 Å². The van der Waals surface area contributed by atoms with Crippen molar-refractivity contribution in [1.29, 1.82) is 5.26 Å².